The number of sulfonamides is 1. The first-order valence-electron chi connectivity index (χ1n) is 8.54. The van der Waals surface area contributed by atoms with E-state index in [4.69, 9.17) is 4.74 Å². The van der Waals surface area contributed by atoms with Crippen LogP contribution in [-0.4, -0.2) is 38.8 Å². The SMILES string of the molecule is C=CCN(Cc1ccc(C(=O)NCC)cc1)S(=O)(=O)c1ccc(OC)cc1. The molecule has 0 aliphatic carbocycles. The molecule has 2 rings (SSSR count). The van der Waals surface area contributed by atoms with E-state index < -0.39 is 10.0 Å². The highest BCUT2D eigenvalue weighted by Gasteiger charge is 2.23. The molecule has 0 heterocycles. The molecule has 0 bridgehead atoms. The summed E-state index contributed by atoms with van der Waals surface area (Å²) in [6, 6.07) is 13.1. The molecule has 1 N–H and O–H groups in total. The summed E-state index contributed by atoms with van der Waals surface area (Å²) < 4.78 is 32.3. The molecule has 0 aromatic heterocycles. The van der Waals surface area contributed by atoms with Crippen molar-refractivity contribution in [2.75, 3.05) is 20.2 Å². The molecule has 7 heteroatoms. The molecule has 0 aliphatic rings. The largest absolute Gasteiger partial charge is 0.497 e. The summed E-state index contributed by atoms with van der Waals surface area (Å²) in [5.41, 5.74) is 1.32. The Morgan fingerprint density at radius 1 is 1.15 bits per heavy atom. The minimum Gasteiger partial charge on any atom is -0.497 e. The van der Waals surface area contributed by atoms with Crippen LogP contribution in [0.1, 0.15) is 22.8 Å². The summed E-state index contributed by atoms with van der Waals surface area (Å²) in [7, 11) is -2.17. The van der Waals surface area contributed by atoms with Gasteiger partial charge >= 0.3 is 0 Å². The van der Waals surface area contributed by atoms with Crippen molar-refractivity contribution in [2.45, 2.75) is 18.4 Å². The van der Waals surface area contributed by atoms with Crippen LogP contribution < -0.4 is 10.1 Å². The predicted molar refractivity (Wildman–Crippen MR) is 105 cm³/mol. The minimum absolute atomic E-state index is 0.155. The molecular formula is C20H24N2O4S. The summed E-state index contributed by atoms with van der Waals surface area (Å²) in [6.07, 6.45) is 1.55. The van der Waals surface area contributed by atoms with Crippen molar-refractivity contribution in [3.05, 3.63) is 72.3 Å². The summed E-state index contributed by atoms with van der Waals surface area (Å²) in [4.78, 5) is 12.0. The number of rotatable bonds is 9. The van der Waals surface area contributed by atoms with E-state index in [0.29, 0.717) is 17.9 Å². The van der Waals surface area contributed by atoms with E-state index >= 15 is 0 Å². The van der Waals surface area contributed by atoms with E-state index in [1.807, 2.05) is 6.92 Å². The first kappa shape index (κ1) is 20.7. The van der Waals surface area contributed by atoms with Crippen LogP contribution in [-0.2, 0) is 16.6 Å². The fraction of sp³-hybridized carbons (Fsp3) is 0.250. The second kappa shape index (κ2) is 9.34. The lowest BCUT2D eigenvalue weighted by atomic mass is 10.1. The Morgan fingerprint density at radius 3 is 2.30 bits per heavy atom. The molecule has 0 spiro atoms. The lowest BCUT2D eigenvalue weighted by Crippen LogP contribution is -2.31. The van der Waals surface area contributed by atoms with Crippen molar-refractivity contribution in [3.8, 4) is 5.75 Å². The average Bonchev–Trinajstić information content (AvgIpc) is 2.68. The Kier molecular flexibility index (Phi) is 7.15. The van der Waals surface area contributed by atoms with Gasteiger partial charge in [0.15, 0.2) is 0 Å². The zero-order chi connectivity index (χ0) is 19.9. The van der Waals surface area contributed by atoms with Crippen molar-refractivity contribution in [3.63, 3.8) is 0 Å². The van der Waals surface area contributed by atoms with Crippen LogP contribution >= 0.6 is 0 Å². The van der Waals surface area contributed by atoms with Gasteiger partial charge in [0.1, 0.15) is 5.75 Å². The highest BCUT2D eigenvalue weighted by Crippen LogP contribution is 2.21. The molecule has 2 aromatic rings. The van der Waals surface area contributed by atoms with Gasteiger partial charge in [-0.3, -0.25) is 4.79 Å². The molecule has 2 aromatic carbocycles. The third kappa shape index (κ3) is 5.18. The number of benzene rings is 2. The molecule has 0 fully saturated rings. The Labute approximate surface area is 160 Å². The number of hydrogen-bond donors (Lipinski definition) is 1. The molecule has 0 saturated carbocycles. The third-order valence-electron chi connectivity index (χ3n) is 3.94. The Balaban J connectivity index is 2.23. The molecule has 0 radical (unpaired) electrons. The van der Waals surface area contributed by atoms with Gasteiger partial charge in [0.25, 0.3) is 5.91 Å². The molecule has 0 saturated heterocycles. The van der Waals surface area contributed by atoms with Gasteiger partial charge in [0.05, 0.1) is 12.0 Å². The van der Waals surface area contributed by atoms with E-state index in [-0.39, 0.29) is 23.9 Å². The highest BCUT2D eigenvalue weighted by molar-refractivity contribution is 7.89. The van der Waals surface area contributed by atoms with Gasteiger partial charge in [-0.05, 0) is 48.9 Å². The van der Waals surface area contributed by atoms with Crippen LogP contribution in [0.5, 0.6) is 5.75 Å². The topological polar surface area (TPSA) is 75.7 Å². The van der Waals surface area contributed by atoms with Crippen LogP contribution in [0.4, 0.5) is 0 Å². The molecule has 0 aliphatic heterocycles. The van der Waals surface area contributed by atoms with Crippen LogP contribution in [0, 0.1) is 0 Å². The predicted octanol–water partition coefficient (Wildman–Crippen LogP) is 2.82. The monoisotopic (exact) mass is 388 g/mol. The molecule has 0 atom stereocenters. The summed E-state index contributed by atoms with van der Waals surface area (Å²) >= 11 is 0. The van der Waals surface area contributed by atoms with Gasteiger partial charge in [-0.25, -0.2) is 8.42 Å². The Morgan fingerprint density at radius 2 is 1.78 bits per heavy atom. The van der Waals surface area contributed by atoms with Gasteiger partial charge in [-0.1, -0.05) is 18.2 Å². The number of nitrogens with zero attached hydrogens (tertiary/aromatic N) is 1. The lowest BCUT2D eigenvalue weighted by Gasteiger charge is -2.21. The first-order valence-corrected chi connectivity index (χ1v) is 9.98. The van der Waals surface area contributed by atoms with Crippen molar-refractivity contribution in [2.24, 2.45) is 0 Å². The molecule has 6 nitrogen and oxygen atoms in total. The zero-order valence-electron chi connectivity index (χ0n) is 15.5. The van der Waals surface area contributed by atoms with Crippen molar-refractivity contribution < 1.29 is 17.9 Å². The first-order chi connectivity index (χ1) is 12.9. The fourth-order valence-electron chi connectivity index (χ4n) is 2.52. The Bertz CT molecular complexity index is 875. The van der Waals surface area contributed by atoms with Crippen LogP contribution in [0.15, 0.2) is 66.1 Å². The van der Waals surface area contributed by atoms with E-state index in [1.54, 1.807) is 42.5 Å². The van der Waals surface area contributed by atoms with Crippen molar-refractivity contribution >= 4 is 15.9 Å². The third-order valence-corrected chi connectivity index (χ3v) is 5.77. The standard InChI is InChI=1S/C20H24N2O4S/c1-4-14-22(27(24,25)19-12-10-18(26-3)11-13-19)15-16-6-8-17(9-7-16)20(23)21-5-2/h4,6-13H,1,5,14-15H2,2-3H3,(H,21,23). The number of hydrogen-bond acceptors (Lipinski definition) is 4. The van der Waals surface area contributed by atoms with Gasteiger partial charge < -0.3 is 10.1 Å². The summed E-state index contributed by atoms with van der Waals surface area (Å²) in [5.74, 6) is 0.433. The highest BCUT2D eigenvalue weighted by atomic mass is 32.2. The normalized spacial score (nSPS) is 11.2. The molecule has 144 valence electrons. The van der Waals surface area contributed by atoms with Crippen LogP contribution in [0.25, 0.3) is 0 Å². The molecular weight excluding hydrogens is 364 g/mol. The second-order valence-electron chi connectivity index (χ2n) is 5.82. The molecule has 0 unspecified atom stereocenters. The molecule has 1 amide bonds. The summed E-state index contributed by atoms with van der Waals surface area (Å²) in [6.45, 7) is 6.41. The maximum absolute atomic E-state index is 13.0. The smallest absolute Gasteiger partial charge is 0.251 e. The van der Waals surface area contributed by atoms with Gasteiger partial charge in [-0.15, -0.1) is 6.58 Å². The van der Waals surface area contributed by atoms with Crippen molar-refractivity contribution in [1.29, 1.82) is 0 Å². The van der Waals surface area contributed by atoms with Crippen LogP contribution in [0.3, 0.4) is 0 Å². The van der Waals surface area contributed by atoms with Crippen LogP contribution in [0.2, 0.25) is 0 Å². The van der Waals surface area contributed by atoms with E-state index in [1.165, 1.54) is 23.5 Å². The minimum atomic E-state index is -3.69. The number of carbonyl (C=O) groups is 1. The van der Waals surface area contributed by atoms with Gasteiger partial charge in [0.2, 0.25) is 10.0 Å². The summed E-state index contributed by atoms with van der Waals surface area (Å²) in [5, 5.41) is 2.73. The van der Waals surface area contributed by atoms with E-state index in [9.17, 15) is 13.2 Å². The Hall–Kier alpha value is -2.64. The number of carbonyl (C=O) groups excluding carboxylic acids is 1. The zero-order valence-corrected chi connectivity index (χ0v) is 16.3. The lowest BCUT2D eigenvalue weighted by molar-refractivity contribution is 0.0956. The van der Waals surface area contributed by atoms with Gasteiger partial charge in [-0.2, -0.15) is 4.31 Å². The number of amides is 1. The second-order valence-corrected chi connectivity index (χ2v) is 7.76. The fourth-order valence-corrected chi connectivity index (χ4v) is 3.92. The maximum atomic E-state index is 13.0. The number of methoxy groups -OCH3 is 1. The number of nitrogens with one attached hydrogen (secondary N) is 1. The maximum Gasteiger partial charge on any atom is 0.251 e. The number of ether oxygens (including phenoxy) is 1. The van der Waals surface area contributed by atoms with E-state index in [2.05, 4.69) is 11.9 Å². The molecule has 27 heavy (non-hydrogen) atoms. The quantitative estimate of drug-likeness (QED) is 0.670. The average molecular weight is 388 g/mol. The van der Waals surface area contributed by atoms with Crippen molar-refractivity contribution in [1.82, 2.24) is 9.62 Å². The van der Waals surface area contributed by atoms with E-state index in [0.717, 1.165) is 5.56 Å². The van der Waals surface area contributed by atoms with Gasteiger partial charge in [0, 0.05) is 25.2 Å².